The van der Waals surface area contributed by atoms with Crippen LogP contribution in [0.3, 0.4) is 0 Å². The average molecular weight is 426 g/mol. The third-order valence-corrected chi connectivity index (χ3v) is 6.30. The Hall–Kier alpha value is -2.84. The van der Waals surface area contributed by atoms with Gasteiger partial charge in [0.05, 0.1) is 22.6 Å². The molecular weight excluding hydrogens is 406 g/mol. The van der Waals surface area contributed by atoms with Gasteiger partial charge in [-0.05, 0) is 47.8 Å². The third kappa shape index (κ3) is 4.60. The van der Waals surface area contributed by atoms with Gasteiger partial charge in [0.1, 0.15) is 11.8 Å². The van der Waals surface area contributed by atoms with Crippen molar-refractivity contribution in [3.63, 3.8) is 0 Å². The van der Waals surface area contributed by atoms with Crippen molar-refractivity contribution >= 4 is 46.3 Å². The predicted octanol–water partition coefficient (Wildman–Crippen LogP) is 4.77. The number of benzene rings is 1. The first-order chi connectivity index (χ1) is 14.1. The van der Waals surface area contributed by atoms with Crippen LogP contribution in [-0.4, -0.2) is 28.3 Å². The fraction of sp³-hybridized carbons (Fsp3) is 0.190. The van der Waals surface area contributed by atoms with Crippen LogP contribution in [0, 0.1) is 0 Å². The maximum atomic E-state index is 13.0. The van der Waals surface area contributed by atoms with Crippen molar-refractivity contribution in [2.24, 2.45) is 5.10 Å². The average Bonchev–Trinajstić information content (AvgIpc) is 3.47. The van der Waals surface area contributed by atoms with Crippen LogP contribution < -0.4 is 5.32 Å². The Morgan fingerprint density at radius 1 is 1.24 bits per heavy atom. The van der Waals surface area contributed by atoms with Gasteiger partial charge in [-0.25, -0.2) is 5.01 Å². The Bertz CT molecular complexity index is 1010. The van der Waals surface area contributed by atoms with Gasteiger partial charge in [0.15, 0.2) is 0 Å². The molecule has 1 aromatic carbocycles. The molecule has 6 nitrogen and oxygen atoms in total. The molecule has 2 amide bonds. The van der Waals surface area contributed by atoms with Gasteiger partial charge in [-0.3, -0.25) is 9.59 Å². The molecule has 2 aromatic heterocycles. The lowest BCUT2D eigenvalue weighted by Crippen LogP contribution is -2.28. The second-order valence-corrected chi connectivity index (χ2v) is 8.49. The van der Waals surface area contributed by atoms with Crippen molar-refractivity contribution in [3.05, 3.63) is 70.8 Å². The zero-order valence-corrected chi connectivity index (χ0v) is 17.3. The molecule has 0 fully saturated rings. The Labute approximate surface area is 176 Å². The summed E-state index contributed by atoms with van der Waals surface area (Å²) in [4.78, 5) is 26.1. The molecule has 1 atom stereocenters. The number of hydrogen-bond acceptors (Lipinski definition) is 6. The van der Waals surface area contributed by atoms with Gasteiger partial charge in [0.25, 0.3) is 5.91 Å². The van der Waals surface area contributed by atoms with E-state index in [1.807, 2.05) is 53.9 Å². The SMILES string of the molecule is CC(=O)Nc1ccc(SCC(=O)N2N=C(c3cccs3)C[C@@H]2c2ccco2)cc1. The highest BCUT2D eigenvalue weighted by atomic mass is 32.2. The van der Waals surface area contributed by atoms with Gasteiger partial charge in [-0.2, -0.15) is 5.10 Å². The quantitative estimate of drug-likeness (QED) is 0.577. The summed E-state index contributed by atoms with van der Waals surface area (Å²) in [5.74, 6) is 0.808. The molecule has 0 bridgehead atoms. The first-order valence-corrected chi connectivity index (χ1v) is 10.9. The Balaban J connectivity index is 1.45. The Kier molecular flexibility index (Phi) is 5.82. The molecule has 8 heteroatoms. The number of hydrogen-bond donors (Lipinski definition) is 1. The van der Waals surface area contributed by atoms with E-state index in [2.05, 4.69) is 10.4 Å². The molecule has 0 unspecified atom stereocenters. The van der Waals surface area contributed by atoms with E-state index in [0.29, 0.717) is 6.42 Å². The summed E-state index contributed by atoms with van der Waals surface area (Å²) >= 11 is 3.05. The number of amides is 2. The lowest BCUT2D eigenvalue weighted by Gasteiger charge is -2.19. The number of carbonyl (C=O) groups excluding carboxylic acids is 2. The normalized spacial score (nSPS) is 16.0. The number of anilines is 1. The lowest BCUT2D eigenvalue weighted by atomic mass is 10.1. The first kappa shape index (κ1) is 19.5. The Morgan fingerprint density at radius 2 is 2.07 bits per heavy atom. The second kappa shape index (κ2) is 8.67. The number of nitrogens with one attached hydrogen (secondary N) is 1. The van der Waals surface area contributed by atoms with Gasteiger partial charge >= 0.3 is 0 Å². The minimum atomic E-state index is -0.225. The molecule has 1 aliphatic heterocycles. The molecule has 1 N–H and O–H groups in total. The summed E-state index contributed by atoms with van der Waals surface area (Å²) in [6, 6.07) is 14.9. The van der Waals surface area contributed by atoms with E-state index in [4.69, 9.17) is 4.42 Å². The van der Waals surface area contributed by atoms with E-state index >= 15 is 0 Å². The maximum absolute atomic E-state index is 13.0. The monoisotopic (exact) mass is 425 g/mol. The van der Waals surface area contributed by atoms with Crippen molar-refractivity contribution in [2.75, 3.05) is 11.1 Å². The molecule has 29 heavy (non-hydrogen) atoms. The van der Waals surface area contributed by atoms with Crippen molar-refractivity contribution < 1.29 is 14.0 Å². The van der Waals surface area contributed by atoms with E-state index in [1.165, 1.54) is 18.7 Å². The summed E-state index contributed by atoms with van der Waals surface area (Å²) in [5.41, 5.74) is 1.63. The van der Waals surface area contributed by atoms with Crippen LogP contribution in [0.15, 0.2) is 74.6 Å². The van der Waals surface area contributed by atoms with Gasteiger partial charge in [-0.15, -0.1) is 23.1 Å². The number of carbonyl (C=O) groups is 2. The molecule has 1 aliphatic rings. The van der Waals surface area contributed by atoms with Crippen molar-refractivity contribution in [3.8, 4) is 0 Å². The highest BCUT2D eigenvalue weighted by Gasteiger charge is 2.34. The van der Waals surface area contributed by atoms with Gasteiger partial charge < -0.3 is 9.73 Å². The minimum Gasteiger partial charge on any atom is -0.467 e. The summed E-state index contributed by atoms with van der Waals surface area (Å²) in [7, 11) is 0. The predicted molar refractivity (Wildman–Crippen MR) is 115 cm³/mol. The number of furan rings is 1. The molecule has 0 saturated heterocycles. The van der Waals surface area contributed by atoms with Crippen LogP contribution in [-0.2, 0) is 9.59 Å². The van der Waals surface area contributed by atoms with E-state index < -0.39 is 0 Å². The summed E-state index contributed by atoms with van der Waals surface area (Å²) in [6.45, 7) is 1.47. The van der Waals surface area contributed by atoms with Gasteiger partial charge in [0.2, 0.25) is 5.91 Å². The molecule has 3 heterocycles. The number of nitrogens with zero attached hydrogens (tertiary/aromatic N) is 2. The van der Waals surface area contributed by atoms with Gasteiger partial charge in [0, 0.05) is 23.9 Å². The zero-order chi connectivity index (χ0) is 20.2. The van der Waals surface area contributed by atoms with E-state index in [1.54, 1.807) is 22.6 Å². The van der Waals surface area contributed by atoms with Crippen molar-refractivity contribution in [1.82, 2.24) is 5.01 Å². The van der Waals surface area contributed by atoms with Crippen molar-refractivity contribution in [1.29, 1.82) is 0 Å². The molecule has 0 aliphatic carbocycles. The van der Waals surface area contributed by atoms with E-state index in [9.17, 15) is 9.59 Å². The van der Waals surface area contributed by atoms with Gasteiger partial charge in [-0.1, -0.05) is 6.07 Å². The molecule has 3 aromatic rings. The lowest BCUT2D eigenvalue weighted by molar-refractivity contribution is -0.130. The number of thioether (sulfide) groups is 1. The summed E-state index contributed by atoms with van der Waals surface area (Å²) in [6.07, 6.45) is 2.25. The van der Waals surface area contributed by atoms with Crippen molar-refractivity contribution in [2.45, 2.75) is 24.3 Å². The van der Waals surface area contributed by atoms with Crippen LogP contribution in [0.5, 0.6) is 0 Å². The van der Waals surface area contributed by atoms with E-state index in [0.717, 1.165) is 26.9 Å². The molecule has 0 spiro atoms. The number of rotatable bonds is 6. The third-order valence-electron chi connectivity index (χ3n) is 4.38. The van der Waals surface area contributed by atoms with E-state index in [-0.39, 0.29) is 23.6 Å². The van der Waals surface area contributed by atoms with Crippen LogP contribution in [0.2, 0.25) is 0 Å². The standard InChI is InChI=1S/C21H19N3O3S2/c1-14(25)22-15-6-8-16(9-7-15)29-13-21(26)24-18(19-4-2-10-27-19)12-17(23-24)20-5-3-11-28-20/h2-11,18H,12-13H2,1H3,(H,22,25)/t18-/m1/s1. The topological polar surface area (TPSA) is 74.9 Å². The molecular formula is C21H19N3O3S2. The summed E-state index contributed by atoms with van der Waals surface area (Å²) < 4.78 is 5.57. The minimum absolute atomic E-state index is 0.0751. The fourth-order valence-electron chi connectivity index (χ4n) is 3.08. The smallest absolute Gasteiger partial charge is 0.253 e. The van der Waals surface area contributed by atoms with Crippen LogP contribution >= 0.6 is 23.1 Å². The highest BCUT2D eigenvalue weighted by Crippen LogP contribution is 2.35. The van der Waals surface area contributed by atoms with Crippen LogP contribution in [0.25, 0.3) is 0 Å². The summed E-state index contributed by atoms with van der Waals surface area (Å²) in [5, 5.41) is 10.9. The molecule has 4 rings (SSSR count). The van der Waals surface area contributed by atoms with Crippen LogP contribution in [0.1, 0.15) is 30.0 Å². The molecule has 0 radical (unpaired) electrons. The zero-order valence-electron chi connectivity index (χ0n) is 15.7. The fourth-order valence-corrected chi connectivity index (χ4v) is 4.56. The maximum Gasteiger partial charge on any atom is 0.253 e. The largest absolute Gasteiger partial charge is 0.467 e. The molecule has 0 saturated carbocycles. The van der Waals surface area contributed by atoms with Crippen LogP contribution in [0.4, 0.5) is 5.69 Å². The number of thiophene rings is 1. The number of hydrazone groups is 1. The Morgan fingerprint density at radius 3 is 2.72 bits per heavy atom. The molecule has 148 valence electrons. The first-order valence-electron chi connectivity index (χ1n) is 9.07. The second-order valence-electron chi connectivity index (χ2n) is 6.49. The highest BCUT2D eigenvalue weighted by molar-refractivity contribution is 8.00.